The number of benzene rings is 1. The molecule has 1 heterocycles. The smallest absolute Gasteiger partial charge is 0.238 e. The summed E-state index contributed by atoms with van der Waals surface area (Å²) in [6.07, 6.45) is 0. The zero-order valence-corrected chi connectivity index (χ0v) is 13.3. The molecule has 0 bridgehead atoms. The number of nitrogens with one attached hydrogen (secondary N) is 2. The van der Waals surface area contributed by atoms with E-state index in [2.05, 4.69) is 24.5 Å². The summed E-state index contributed by atoms with van der Waals surface area (Å²) in [5, 5.41) is 6.07. The molecule has 21 heavy (non-hydrogen) atoms. The third kappa shape index (κ3) is 5.13. The lowest BCUT2D eigenvalue weighted by molar-refractivity contribution is -0.115. The maximum absolute atomic E-state index is 11.9. The maximum Gasteiger partial charge on any atom is 0.238 e. The zero-order valence-electron chi connectivity index (χ0n) is 12.5. The first kappa shape index (κ1) is 16.0. The minimum Gasteiger partial charge on any atom is -0.486 e. The number of carbonyl (C=O) groups is 1. The fourth-order valence-corrected chi connectivity index (χ4v) is 2.65. The van der Waals surface area contributed by atoms with Crippen molar-refractivity contribution in [2.24, 2.45) is 0 Å². The second-order valence-electron chi connectivity index (χ2n) is 4.85. The van der Waals surface area contributed by atoms with E-state index in [1.807, 2.05) is 23.9 Å². The maximum atomic E-state index is 11.9. The Morgan fingerprint density at radius 3 is 2.86 bits per heavy atom. The Morgan fingerprint density at radius 1 is 1.33 bits per heavy atom. The van der Waals surface area contributed by atoms with Gasteiger partial charge in [0.05, 0.1) is 6.54 Å². The second-order valence-corrected chi connectivity index (χ2v) is 6.17. The standard InChI is InChI=1S/C15H22N2O3S/c1-3-21-10-11(2)16-9-15(18)17-12-4-5-13-14(8-12)20-7-6-19-13/h4-5,8,11,16H,3,6-7,9-10H2,1-2H3,(H,17,18). The Balaban J connectivity index is 1.80. The van der Waals surface area contributed by atoms with Gasteiger partial charge in [0, 0.05) is 23.5 Å². The highest BCUT2D eigenvalue weighted by Crippen LogP contribution is 2.32. The Hall–Kier alpha value is -1.40. The average Bonchev–Trinajstić information content (AvgIpc) is 2.50. The zero-order chi connectivity index (χ0) is 15.1. The van der Waals surface area contributed by atoms with Crippen molar-refractivity contribution in [2.75, 3.05) is 36.6 Å². The molecular formula is C15H22N2O3S. The Morgan fingerprint density at radius 2 is 2.10 bits per heavy atom. The molecule has 5 nitrogen and oxygen atoms in total. The van der Waals surface area contributed by atoms with Crippen molar-refractivity contribution in [2.45, 2.75) is 19.9 Å². The molecule has 1 aromatic carbocycles. The molecule has 2 N–H and O–H groups in total. The summed E-state index contributed by atoms with van der Waals surface area (Å²) in [4.78, 5) is 11.9. The van der Waals surface area contributed by atoms with Gasteiger partial charge in [-0.1, -0.05) is 6.92 Å². The van der Waals surface area contributed by atoms with Gasteiger partial charge in [-0.3, -0.25) is 4.79 Å². The molecule has 1 aliphatic heterocycles. The van der Waals surface area contributed by atoms with E-state index in [4.69, 9.17) is 9.47 Å². The average molecular weight is 310 g/mol. The topological polar surface area (TPSA) is 59.6 Å². The highest BCUT2D eigenvalue weighted by Gasteiger charge is 2.13. The molecule has 0 spiro atoms. The molecule has 0 fully saturated rings. The van der Waals surface area contributed by atoms with Gasteiger partial charge in [-0.05, 0) is 24.8 Å². The van der Waals surface area contributed by atoms with E-state index >= 15 is 0 Å². The summed E-state index contributed by atoms with van der Waals surface area (Å²) in [6.45, 7) is 5.63. The van der Waals surface area contributed by atoms with Crippen molar-refractivity contribution in [1.82, 2.24) is 5.32 Å². The third-order valence-corrected chi connectivity index (χ3v) is 4.15. The van der Waals surface area contributed by atoms with Crippen molar-refractivity contribution in [1.29, 1.82) is 0 Å². The number of ether oxygens (including phenoxy) is 2. The van der Waals surface area contributed by atoms with Crippen LogP contribution in [0.15, 0.2) is 18.2 Å². The number of thioether (sulfide) groups is 1. The van der Waals surface area contributed by atoms with Crippen molar-refractivity contribution >= 4 is 23.4 Å². The minimum atomic E-state index is -0.0555. The van der Waals surface area contributed by atoms with Gasteiger partial charge in [0.25, 0.3) is 0 Å². The summed E-state index contributed by atoms with van der Waals surface area (Å²) < 4.78 is 10.9. The SMILES string of the molecule is CCSCC(C)NCC(=O)Nc1ccc2c(c1)OCCO2. The van der Waals surface area contributed by atoms with Gasteiger partial charge in [0.1, 0.15) is 13.2 Å². The predicted octanol–water partition coefficient (Wildman–Crippen LogP) is 2.13. The Kier molecular flexibility index (Phi) is 6.20. The van der Waals surface area contributed by atoms with Crippen LogP contribution < -0.4 is 20.1 Å². The fraction of sp³-hybridized carbons (Fsp3) is 0.533. The highest BCUT2D eigenvalue weighted by atomic mass is 32.2. The van der Waals surface area contributed by atoms with Gasteiger partial charge in [-0.25, -0.2) is 0 Å². The number of anilines is 1. The Bertz CT molecular complexity index is 482. The van der Waals surface area contributed by atoms with E-state index in [-0.39, 0.29) is 5.91 Å². The van der Waals surface area contributed by atoms with Gasteiger partial charge in [0.2, 0.25) is 5.91 Å². The molecule has 6 heteroatoms. The van der Waals surface area contributed by atoms with Crippen LogP contribution in [0.1, 0.15) is 13.8 Å². The summed E-state index contributed by atoms with van der Waals surface area (Å²) in [5.74, 6) is 3.45. The van der Waals surface area contributed by atoms with Crippen LogP contribution in [0.4, 0.5) is 5.69 Å². The molecular weight excluding hydrogens is 288 g/mol. The molecule has 0 saturated heterocycles. The van der Waals surface area contributed by atoms with Crippen LogP contribution in [0.25, 0.3) is 0 Å². The van der Waals surface area contributed by atoms with Gasteiger partial charge in [-0.2, -0.15) is 11.8 Å². The van der Waals surface area contributed by atoms with Crippen molar-refractivity contribution < 1.29 is 14.3 Å². The van der Waals surface area contributed by atoms with Crippen LogP contribution in [-0.2, 0) is 4.79 Å². The quantitative estimate of drug-likeness (QED) is 0.808. The van der Waals surface area contributed by atoms with Crippen LogP contribution in [-0.4, -0.2) is 43.2 Å². The number of carbonyl (C=O) groups excluding carboxylic acids is 1. The van der Waals surface area contributed by atoms with Gasteiger partial charge < -0.3 is 20.1 Å². The van der Waals surface area contributed by atoms with E-state index in [0.717, 1.165) is 22.9 Å². The number of fused-ring (bicyclic) bond motifs is 1. The van der Waals surface area contributed by atoms with Crippen molar-refractivity contribution in [3.05, 3.63) is 18.2 Å². The fourth-order valence-electron chi connectivity index (χ4n) is 1.95. The monoisotopic (exact) mass is 310 g/mol. The first-order chi connectivity index (χ1) is 10.2. The van der Waals surface area contributed by atoms with Crippen LogP contribution in [0, 0.1) is 0 Å². The Labute approximate surface area is 129 Å². The lowest BCUT2D eigenvalue weighted by Gasteiger charge is -2.19. The molecule has 1 unspecified atom stereocenters. The lowest BCUT2D eigenvalue weighted by Crippen LogP contribution is -2.35. The van der Waals surface area contributed by atoms with Crippen LogP contribution in [0.3, 0.4) is 0 Å². The number of hydrogen-bond donors (Lipinski definition) is 2. The summed E-state index contributed by atoms with van der Waals surface area (Å²) in [7, 11) is 0. The van der Waals surface area contributed by atoms with Crippen LogP contribution in [0.5, 0.6) is 11.5 Å². The first-order valence-corrected chi connectivity index (χ1v) is 8.35. The molecule has 1 amide bonds. The normalized spacial score (nSPS) is 14.6. The third-order valence-electron chi connectivity index (χ3n) is 3.01. The molecule has 0 saturated carbocycles. The first-order valence-electron chi connectivity index (χ1n) is 7.19. The van der Waals surface area contributed by atoms with E-state index in [1.54, 1.807) is 6.07 Å². The second kappa shape index (κ2) is 8.14. The van der Waals surface area contributed by atoms with E-state index in [0.29, 0.717) is 31.5 Å². The minimum absolute atomic E-state index is 0.0555. The van der Waals surface area contributed by atoms with Gasteiger partial charge in [0.15, 0.2) is 11.5 Å². The summed E-state index contributed by atoms with van der Waals surface area (Å²) >= 11 is 1.86. The number of hydrogen-bond acceptors (Lipinski definition) is 5. The molecule has 1 atom stereocenters. The molecule has 2 rings (SSSR count). The highest BCUT2D eigenvalue weighted by molar-refractivity contribution is 7.99. The van der Waals surface area contributed by atoms with Crippen LogP contribution >= 0.6 is 11.8 Å². The summed E-state index contributed by atoms with van der Waals surface area (Å²) in [6, 6.07) is 5.75. The van der Waals surface area contributed by atoms with Gasteiger partial charge >= 0.3 is 0 Å². The molecule has 0 radical (unpaired) electrons. The molecule has 1 aliphatic rings. The van der Waals surface area contributed by atoms with Gasteiger partial charge in [-0.15, -0.1) is 0 Å². The molecule has 0 aromatic heterocycles. The number of amides is 1. The molecule has 0 aliphatic carbocycles. The largest absolute Gasteiger partial charge is 0.486 e. The summed E-state index contributed by atoms with van der Waals surface area (Å²) in [5.41, 5.74) is 0.724. The van der Waals surface area contributed by atoms with E-state index in [9.17, 15) is 4.79 Å². The predicted molar refractivity (Wildman–Crippen MR) is 86.5 cm³/mol. The van der Waals surface area contributed by atoms with E-state index in [1.165, 1.54) is 0 Å². The number of rotatable bonds is 7. The molecule has 1 aromatic rings. The van der Waals surface area contributed by atoms with E-state index < -0.39 is 0 Å². The van der Waals surface area contributed by atoms with Crippen molar-refractivity contribution in [3.8, 4) is 11.5 Å². The van der Waals surface area contributed by atoms with Crippen molar-refractivity contribution in [3.63, 3.8) is 0 Å². The lowest BCUT2D eigenvalue weighted by atomic mass is 10.2. The van der Waals surface area contributed by atoms with Crippen LogP contribution in [0.2, 0.25) is 0 Å². The molecule has 116 valence electrons.